The summed E-state index contributed by atoms with van der Waals surface area (Å²) in [5.41, 5.74) is 2.18. The Morgan fingerprint density at radius 3 is 3.06 bits per heavy atom. The van der Waals surface area contributed by atoms with Gasteiger partial charge in [0.15, 0.2) is 5.82 Å². The zero-order valence-corrected chi connectivity index (χ0v) is 9.01. The Morgan fingerprint density at radius 1 is 1.41 bits per heavy atom. The van der Waals surface area contributed by atoms with E-state index >= 15 is 0 Å². The van der Waals surface area contributed by atoms with Crippen LogP contribution in [0, 0.1) is 0 Å². The van der Waals surface area contributed by atoms with Crippen molar-refractivity contribution in [2.24, 2.45) is 0 Å². The first-order valence-electron chi connectivity index (χ1n) is 5.38. The fourth-order valence-corrected chi connectivity index (χ4v) is 1.95. The van der Waals surface area contributed by atoms with E-state index in [1.807, 2.05) is 24.3 Å². The Kier molecular flexibility index (Phi) is 2.29. The molecular weight excluding hydrogens is 218 g/mol. The van der Waals surface area contributed by atoms with Gasteiger partial charge in [-0.05, 0) is 11.6 Å². The maximum Gasteiger partial charge on any atom is 0.248 e. The average Bonchev–Trinajstić information content (AvgIpc) is 2.96. The fraction of sp³-hybridized carbons (Fsp3) is 0.167. The summed E-state index contributed by atoms with van der Waals surface area (Å²) in [5.74, 6) is 0.336. The van der Waals surface area contributed by atoms with Gasteiger partial charge in [0.05, 0.1) is 0 Å². The number of anilines is 2. The van der Waals surface area contributed by atoms with E-state index in [0.717, 1.165) is 11.3 Å². The summed E-state index contributed by atoms with van der Waals surface area (Å²) in [6.45, 7) is 0. The first-order valence-corrected chi connectivity index (χ1v) is 5.38. The van der Waals surface area contributed by atoms with Crippen molar-refractivity contribution in [3.8, 4) is 0 Å². The quantitative estimate of drug-likeness (QED) is 0.821. The van der Waals surface area contributed by atoms with E-state index in [1.165, 1.54) is 6.26 Å². The maximum atomic E-state index is 11.9. The van der Waals surface area contributed by atoms with Crippen LogP contribution in [0.25, 0.3) is 0 Å². The Labute approximate surface area is 97.8 Å². The van der Waals surface area contributed by atoms with Gasteiger partial charge in [-0.2, -0.15) is 0 Å². The van der Waals surface area contributed by atoms with Crippen LogP contribution >= 0.6 is 0 Å². The molecule has 1 aliphatic rings. The van der Waals surface area contributed by atoms with E-state index in [2.05, 4.69) is 20.3 Å². The predicted molar refractivity (Wildman–Crippen MR) is 62.7 cm³/mol. The van der Waals surface area contributed by atoms with Crippen LogP contribution < -0.4 is 10.6 Å². The Balaban J connectivity index is 1.70. The number of nitrogens with zero attached hydrogens (tertiary/aromatic N) is 1. The van der Waals surface area contributed by atoms with Crippen LogP contribution in [0.15, 0.2) is 41.1 Å². The van der Waals surface area contributed by atoms with Crippen molar-refractivity contribution in [2.45, 2.75) is 12.5 Å². The number of fused-ring (bicyclic) bond motifs is 1. The Morgan fingerprint density at radius 2 is 2.29 bits per heavy atom. The first-order chi connectivity index (χ1) is 8.33. The molecule has 1 atom stereocenters. The summed E-state index contributed by atoms with van der Waals surface area (Å²) in [6, 6.07) is 9.27. The van der Waals surface area contributed by atoms with E-state index in [0.29, 0.717) is 12.2 Å². The van der Waals surface area contributed by atoms with Gasteiger partial charge in [0.1, 0.15) is 12.3 Å². The molecule has 1 amide bonds. The minimum atomic E-state index is -0.246. The number of nitrogens with one attached hydrogen (secondary N) is 2. The van der Waals surface area contributed by atoms with Crippen LogP contribution in [0.2, 0.25) is 0 Å². The van der Waals surface area contributed by atoms with Crippen LogP contribution in [0.4, 0.5) is 11.5 Å². The molecule has 0 unspecified atom stereocenters. The fourth-order valence-electron chi connectivity index (χ4n) is 1.95. The second-order valence-corrected chi connectivity index (χ2v) is 3.93. The molecule has 2 aromatic rings. The standard InChI is InChI=1S/C12H11N3O2/c16-12(14-11-5-6-17-15-11)10-7-8-3-1-2-4-9(8)13-10/h1-6,10,13H,7H2,(H,14,15,16)/t10-/m0/s1. The number of aromatic nitrogens is 1. The molecule has 1 aromatic heterocycles. The molecule has 2 N–H and O–H groups in total. The Hall–Kier alpha value is -2.30. The van der Waals surface area contributed by atoms with Crippen molar-refractivity contribution in [1.29, 1.82) is 0 Å². The highest BCUT2D eigenvalue weighted by Gasteiger charge is 2.26. The van der Waals surface area contributed by atoms with Crippen LogP contribution in [0.1, 0.15) is 5.56 Å². The monoisotopic (exact) mass is 229 g/mol. The van der Waals surface area contributed by atoms with E-state index < -0.39 is 0 Å². The summed E-state index contributed by atoms with van der Waals surface area (Å²) >= 11 is 0. The predicted octanol–water partition coefficient (Wildman–Crippen LogP) is 1.65. The normalized spacial score (nSPS) is 17.3. The molecule has 0 bridgehead atoms. The summed E-state index contributed by atoms with van der Waals surface area (Å²) in [7, 11) is 0. The smallest absolute Gasteiger partial charge is 0.248 e. The van der Waals surface area contributed by atoms with Gasteiger partial charge in [0, 0.05) is 18.2 Å². The van der Waals surface area contributed by atoms with E-state index in [1.54, 1.807) is 6.07 Å². The van der Waals surface area contributed by atoms with Crippen molar-refractivity contribution in [3.05, 3.63) is 42.2 Å². The number of amides is 1. The molecule has 3 rings (SSSR count). The summed E-state index contributed by atoms with van der Waals surface area (Å²) in [6.07, 6.45) is 2.12. The number of hydrogen-bond acceptors (Lipinski definition) is 4. The minimum absolute atomic E-state index is 0.102. The molecule has 17 heavy (non-hydrogen) atoms. The molecule has 1 aliphatic heterocycles. The zero-order chi connectivity index (χ0) is 11.7. The van der Waals surface area contributed by atoms with Crippen LogP contribution in [-0.2, 0) is 11.2 Å². The molecule has 0 spiro atoms. The number of carbonyl (C=O) groups excluding carboxylic acids is 1. The second kappa shape index (κ2) is 3.93. The van der Waals surface area contributed by atoms with Gasteiger partial charge in [-0.3, -0.25) is 4.79 Å². The van der Waals surface area contributed by atoms with Gasteiger partial charge in [0.2, 0.25) is 5.91 Å². The number of para-hydroxylation sites is 1. The van der Waals surface area contributed by atoms with Gasteiger partial charge in [-0.25, -0.2) is 0 Å². The number of rotatable bonds is 2. The molecular formula is C12H11N3O2. The molecule has 0 radical (unpaired) electrons. The summed E-state index contributed by atoms with van der Waals surface area (Å²) < 4.78 is 4.65. The van der Waals surface area contributed by atoms with Crippen molar-refractivity contribution < 1.29 is 9.32 Å². The lowest BCUT2D eigenvalue weighted by atomic mass is 10.1. The third-order valence-electron chi connectivity index (χ3n) is 2.78. The lowest BCUT2D eigenvalue weighted by Gasteiger charge is -2.09. The summed E-state index contributed by atoms with van der Waals surface area (Å²) in [4.78, 5) is 11.9. The van der Waals surface area contributed by atoms with E-state index in [9.17, 15) is 4.79 Å². The molecule has 1 aromatic carbocycles. The molecule has 5 nitrogen and oxygen atoms in total. The van der Waals surface area contributed by atoms with Crippen molar-refractivity contribution in [3.63, 3.8) is 0 Å². The largest absolute Gasteiger partial charge is 0.373 e. The highest BCUT2D eigenvalue weighted by Crippen LogP contribution is 2.25. The minimum Gasteiger partial charge on any atom is -0.373 e. The number of hydrogen-bond donors (Lipinski definition) is 2. The topological polar surface area (TPSA) is 67.2 Å². The van der Waals surface area contributed by atoms with Crippen molar-refractivity contribution >= 4 is 17.4 Å². The zero-order valence-electron chi connectivity index (χ0n) is 9.01. The van der Waals surface area contributed by atoms with Crippen LogP contribution in [0.3, 0.4) is 0 Å². The van der Waals surface area contributed by atoms with Gasteiger partial charge in [-0.1, -0.05) is 23.4 Å². The molecule has 5 heteroatoms. The average molecular weight is 229 g/mol. The molecule has 2 heterocycles. The van der Waals surface area contributed by atoms with E-state index in [4.69, 9.17) is 0 Å². The summed E-state index contributed by atoms with van der Waals surface area (Å²) in [5, 5.41) is 9.51. The second-order valence-electron chi connectivity index (χ2n) is 3.93. The van der Waals surface area contributed by atoms with Crippen molar-refractivity contribution in [1.82, 2.24) is 5.16 Å². The van der Waals surface area contributed by atoms with Crippen LogP contribution in [-0.4, -0.2) is 17.1 Å². The van der Waals surface area contributed by atoms with E-state index in [-0.39, 0.29) is 11.9 Å². The highest BCUT2D eigenvalue weighted by molar-refractivity contribution is 5.97. The first kappa shape index (κ1) is 9.89. The third-order valence-corrected chi connectivity index (χ3v) is 2.78. The van der Waals surface area contributed by atoms with Gasteiger partial charge < -0.3 is 15.2 Å². The lowest BCUT2D eigenvalue weighted by molar-refractivity contribution is -0.116. The van der Waals surface area contributed by atoms with Gasteiger partial charge >= 0.3 is 0 Å². The molecule has 0 aliphatic carbocycles. The van der Waals surface area contributed by atoms with Crippen LogP contribution in [0.5, 0.6) is 0 Å². The SMILES string of the molecule is O=C(Nc1ccon1)[C@@H]1Cc2ccccc2N1. The Bertz CT molecular complexity index is 511. The lowest BCUT2D eigenvalue weighted by Crippen LogP contribution is -2.32. The van der Waals surface area contributed by atoms with Gasteiger partial charge in [-0.15, -0.1) is 0 Å². The molecule has 0 saturated carbocycles. The van der Waals surface area contributed by atoms with Gasteiger partial charge in [0.25, 0.3) is 0 Å². The molecule has 0 fully saturated rings. The number of benzene rings is 1. The molecule has 0 saturated heterocycles. The van der Waals surface area contributed by atoms with Crippen molar-refractivity contribution in [2.75, 3.05) is 10.6 Å². The third kappa shape index (κ3) is 1.87. The highest BCUT2D eigenvalue weighted by atomic mass is 16.5. The number of carbonyl (C=O) groups is 1. The molecule has 86 valence electrons. The maximum absolute atomic E-state index is 11.9.